The fraction of sp³-hybridized carbons (Fsp3) is 0.0909. The van der Waals surface area contributed by atoms with Gasteiger partial charge in [-0.3, -0.25) is 0 Å². The van der Waals surface area contributed by atoms with Crippen LogP contribution in [-0.4, -0.2) is 16.1 Å². The van der Waals surface area contributed by atoms with Crippen LogP contribution in [0.2, 0.25) is 0 Å². The van der Waals surface area contributed by atoms with E-state index in [4.69, 9.17) is 0 Å². The minimum Gasteiger partial charge on any atom is -0.478 e. The van der Waals surface area contributed by atoms with E-state index in [1.807, 2.05) is 72.1 Å². The fourth-order valence-corrected chi connectivity index (χ4v) is 4.80. The summed E-state index contributed by atoms with van der Waals surface area (Å²) in [5, 5.41) is 15.8. The Morgan fingerprint density at radius 2 is 1.68 bits per heavy atom. The summed E-state index contributed by atoms with van der Waals surface area (Å²) in [6.07, 6.45) is 0. The topological polar surface area (TPSA) is 62.2 Å². The number of thioether (sulfide) groups is 1. The Morgan fingerprint density at radius 1 is 1.00 bits per heavy atom. The van der Waals surface area contributed by atoms with Crippen molar-refractivity contribution in [3.8, 4) is 0 Å². The van der Waals surface area contributed by atoms with Gasteiger partial charge in [-0.1, -0.05) is 60.7 Å². The number of benzene rings is 2. The second-order valence-electron chi connectivity index (χ2n) is 6.22. The maximum absolute atomic E-state index is 12.1. The van der Waals surface area contributed by atoms with Gasteiger partial charge in [0.25, 0.3) is 0 Å². The Morgan fingerprint density at radius 3 is 2.36 bits per heavy atom. The molecule has 0 unspecified atom stereocenters. The van der Waals surface area contributed by atoms with Crippen LogP contribution >= 0.6 is 23.1 Å². The smallest absolute Gasteiger partial charge is 0.340 e. The predicted molar refractivity (Wildman–Crippen MR) is 116 cm³/mol. The monoisotopic (exact) mass is 406 g/mol. The van der Waals surface area contributed by atoms with E-state index in [1.54, 1.807) is 0 Å². The summed E-state index contributed by atoms with van der Waals surface area (Å²) >= 11 is 2.96. The number of rotatable bonds is 7. The van der Waals surface area contributed by atoms with Gasteiger partial charge in [0.05, 0.1) is 15.9 Å². The number of pyridine rings is 1. The molecular weight excluding hydrogens is 388 g/mol. The third-order valence-electron chi connectivity index (χ3n) is 4.30. The minimum atomic E-state index is -0.964. The fourth-order valence-electron chi connectivity index (χ4n) is 2.95. The van der Waals surface area contributed by atoms with E-state index < -0.39 is 5.97 Å². The molecule has 4 nitrogen and oxygen atoms in total. The van der Waals surface area contributed by atoms with Crippen molar-refractivity contribution < 1.29 is 9.90 Å². The highest BCUT2D eigenvalue weighted by Gasteiger charge is 2.22. The van der Waals surface area contributed by atoms with Crippen molar-refractivity contribution in [3.63, 3.8) is 0 Å². The number of anilines is 1. The first-order valence-electron chi connectivity index (χ1n) is 8.81. The average molecular weight is 407 g/mol. The molecule has 2 aromatic heterocycles. The molecule has 2 heterocycles. The van der Waals surface area contributed by atoms with Crippen LogP contribution in [0.5, 0.6) is 0 Å². The number of hydrogen-bond acceptors (Lipinski definition) is 5. The zero-order valence-corrected chi connectivity index (χ0v) is 16.6. The van der Waals surface area contributed by atoms with Gasteiger partial charge in [-0.25, -0.2) is 9.78 Å². The maximum atomic E-state index is 12.1. The van der Waals surface area contributed by atoms with Gasteiger partial charge in [0.15, 0.2) is 0 Å². The molecular formula is C22H18N2O2S2. The van der Waals surface area contributed by atoms with E-state index in [1.165, 1.54) is 23.1 Å². The van der Waals surface area contributed by atoms with Gasteiger partial charge >= 0.3 is 5.97 Å². The van der Waals surface area contributed by atoms with Crippen molar-refractivity contribution in [2.45, 2.75) is 17.3 Å². The number of carbonyl (C=O) groups is 1. The van der Waals surface area contributed by atoms with Crippen molar-refractivity contribution in [1.82, 2.24) is 4.98 Å². The molecule has 4 rings (SSSR count). The highest BCUT2D eigenvalue weighted by molar-refractivity contribution is 7.98. The van der Waals surface area contributed by atoms with Gasteiger partial charge in [0, 0.05) is 12.3 Å². The molecule has 0 atom stereocenters. The number of aromatic nitrogens is 1. The van der Waals surface area contributed by atoms with Crippen LogP contribution in [0.4, 0.5) is 5.69 Å². The van der Waals surface area contributed by atoms with Crippen LogP contribution in [0.1, 0.15) is 21.5 Å². The Kier molecular flexibility index (Phi) is 5.60. The zero-order chi connectivity index (χ0) is 19.3. The second kappa shape index (κ2) is 8.46. The summed E-state index contributed by atoms with van der Waals surface area (Å²) in [6, 6.07) is 21.9. The summed E-state index contributed by atoms with van der Waals surface area (Å²) in [6.45, 7) is 0.556. The standard InChI is InChI=1S/C22H18N2O2S2/c25-22(26)18-19(23-13-15-7-3-1-4-8-15)20-17(11-12-27-20)24-21(18)28-14-16-9-5-2-6-10-16/h1-12H,13-14H2,(H,23,24)(H,25,26). The lowest BCUT2D eigenvalue weighted by Gasteiger charge is -2.14. The SMILES string of the molecule is O=C(O)c1c(SCc2ccccc2)nc2ccsc2c1NCc1ccccc1. The van der Waals surface area contributed by atoms with Crippen molar-refractivity contribution >= 4 is 45.0 Å². The summed E-state index contributed by atoms with van der Waals surface area (Å²) < 4.78 is 0.873. The normalized spacial score (nSPS) is 10.9. The van der Waals surface area contributed by atoms with Crippen molar-refractivity contribution in [2.24, 2.45) is 0 Å². The molecule has 0 aliphatic carbocycles. The summed E-state index contributed by atoms with van der Waals surface area (Å²) in [4.78, 5) is 16.8. The van der Waals surface area contributed by atoms with Gasteiger partial charge < -0.3 is 10.4 Å². The first kappa shape index (κ1) is 18.5. The molecule has 0 fully saturated rings. The highest BCUT2D eigenvalue weighted by atomic mass is 32.2. The number of fused-ring (bicyclic) bond motifs is 1. The second-order valence-corrected chi connectivity index (χ2v) is 8.10. The number of nitrogens with zero attached hydrogens (tertiary/aromatic N) is 1. The van der Waals surface area contributed by atoms with Crippen LogP contribution in [0.3, 0.4) is 0 Å². The van der Waals surface area contributed by atoms with Crippen LogP contribution < -0.4 is 5.32 Å². The van der Waals surface area contributed by atoms with Crippen LogP contribution in [0.15, 0.2) is 77.1 Å². The zero-order valence-electron chi connectivity index (χ0n) is 15.0. The molecule has 4 aromatic rings. The van der Waals surface area contributed by atoms with Crippen molar-refractivity contribution in [2.75, 3.05) is 5.32 Å². The number of nitrogens with one attached hydrogen (secondary N) is 1. The third kappa shape index (κ3) is 4.03. The highest BCUT2D eigenvalue weighted by Crippen LogP contribution is 2.37. The first-order valence-corrected chi connectivity index (χ1v) is 10.7. The molecule has 28 heavy (non-hydrogen) atoms. The lowest BCUT2D eigenvalue weighted by atomic mass is 10.2. The number of hydrogen-bond donors (Lipinski definition) is 2. The molecule has 0 saturated heterocycles. The lowest BCUT2D eigenvalue weighted by molar-refractivity contribution is 0.0693. The lowest BCUT2D eigenvalue weighted by Crippen LogP contribution is -2.09. The van der Waals surface area contributed by atoms with Crippen molar-refractivity contribution in [3.05, 3.63) is 88.8 Å². The summed E-state index contributed by atoms with van der Waals surface area (Å²) in [5.74, 6) is -0.295. The Labute approximate surface area is 171 Å². The number of carboxylic acid groups (broad SMARTS) is 1. The molecule has 0 aliphatic heterocycles. The molecule has 0 aliphatic rings. The number of aromatic carboxylic acids is 1. The first-order chi connectivity index (χ1) is 13.7. The maximum Gasteiger partial charge on any atom is 0.340 e. The quantitative estimate of drug-likeness (QED) is 0.374. The summed E-state index contributed by atoms with van der Waals surface area (Å²) in [7, 11) is 0. The molecule has 0 bridgehead atoms. The molecule has 140 valence electrons. The third-order valence-corrected chi connectivity index (χ3v) is 6.27. The Hall–Kier alpha value is -2.83. The Balaban J connectivity index is 1.70. The average Bonchev–Trinajstić information content (AvgIpc) is 3.20. The van der Waals surface area contributed by atoms with Crippen LogP contribution in [-0.2, 0) is 12.3 Å². The van der Waals surface area contributed by atoms with E-state index in [0.717, 1.165) is 21.3 Å². The molecule has 0 amide bonds. The van der Waals surface area contributed by atoms with E-state index >= 15 is 0 Å². The van der Waals surface area contributed by atoms with E-state index in [9.17, 15) is 9.90 Å². The Bertz CT molecular complexity index is 1100. The molecule has 6 heteroatoms. The van der Waals surface area contributed by atoms with Crippen LogP contribution in [0.25, 0.3) is 10.2 Å². The molecule has 2 aromatic carbocycles. The predicted octanol–water partition coefficient (Wildman–Crippen LogP) is 5.90. The summed E-state index contributed by atoms with van der Waals surface area (Å²) in [5.41, 5.74) is 3.94. The van der Waals surface area contributed by atoms with Gasteiger partial charge in [-0.15, -0.1) is 23.1 Å². The van der Waals surface area contributed by atoms with Gasteiger partial charge in [-0.2, -0.15) is 0 Å². The van der Waals surface area contributed by atoms with Gasteiger partial charge in [-0.05, 0) is 22.6 Å². The van der Waals surface area contributed by atoms with Crippen molar-refractivity contribution in [1.29, 1.82) is 0 Å². The molecule has 0 spiro atoms. The van der Waals surface area contributed by atoms with E-state index in [0.29, 0.717) is 23.0 Å². The van der Waals surface area contributed by atoms with Gasteiger partial charge in [0.2, 0.25) is 0 Å². The van der Waals surface area contributed by atoms with Gasteiger partial charge in [0.1, 0.15) is 10.6 Å². The largest absolute Gasteiger partial charge is 0.478 e. The van der Waals surface area contributed by atoms with E-state index in [2.05, 4.69) is 10.3 Å². The van der Waals surface area contributed by atoms with E-state index in [-0.39, 0.29) is 5.56 Å². The minimum absolute atomic E-state index is 0.242. The molecule has 0 saturated carbocycles. The molecule has 0 radical (unpaired) electrons. The number of thiophene rings is 1. The number of carboxylic acids is 1. The molecule has 2 N–H and O–H groups in total. The van der Waals surface area contributed by atoms with Crippen LogP contribution in [0, 0.1) is 0 Å².